The van der Waals surface area contributed by atoms with Gasteiger partial charge in [0.25, 0.3) is 0 Å². The summed E-state index contributed by atoms with van der Waals surface area (Å²) >= 11 is 0. The summed E-state index contributed by atoms with van der Waals surface area (Å²) in [6, 6.07) is 8.39. The molecule has 1 atom stereocenters. The number of para-hydroxylation sites is 1. The number of nitrogens with zero attached hydrogens (tertiary/aromatic N) is 2. The second-order valence-corrected chi connectivity index (χ2v) is 6.37. The highest BCUT2D eigenvalue weighted by Crippen LogP contribution is 2.20. The molecule has 0 bridgehead atoms. The molecule has 3 rings (SSSR count). The van der Waals surface area contributed by atoms with Gasteiger partial charge >= 0.3 is 6.03 Å². The molecule has 6 heteroatoms. The summed E-state index contributed by atoms with van der Waals surface area (Å²) in [6.45, 7) is 5.81. The van der Waals surface area contributed by atoms with Gasteiger partial charge < -0.3 is 19.7 Å². The van der Waals surface area contributed by atoms with Crippen LogP contribution in [0.25, 0.3) is 0 Å². The summed E-state index contributed by atoms with van der Waals surface area (Å²) in [5.74, 6) is 0. The minimum atomic E-state index is -0.00405. The number of amides is 2. The first-order valence-corrected chi connectivity index (χ1v) is 8.72. The third-order valence-electron chi connectivity index (χ3n) is 4.85. The Morgan fingerprint density at radius 3 is 2.88 bits per heavy atom. The number of likely N-dealkylation sites (tertiary alicyclic amines) is 1. The molecule has 24 heavy (non-hydrogen) atoms. The number of benzene rings is 1. The van der Waals surface area contributed by atoms with Crippen molar-refractivity contribution in [3.63, 3.8) is 0 Å². The lowest BCUT2D eigenvalue weighted by Gasteiger charge is -2.32. The van der Waals surface area contributed by atoms with Gasteiger partial charge in [0.2, 0.25) is 0 Å². The molecule has 2 aliphatic rings. The second kappa shape index (κ2) is 8.46. The number of anilines is 1. The number of carbonyl (C=O) groups excluding carboxylic acids is 1. The molecule has 2 aliphatic heterocycles. The van der Waals surface area contributed by atoms with Gasteiger partial charge in [-0.05, 0) is 24.5 Å². The molecule has 0 radical (unpaired) electrons. The van der Waals surface area contributed by atoms with Crippen LogP contribution in [0.2, 0.25) is 0 Å². The van der Waals surface area contributed by atoms with Crippen molar-refractivity contribution < 1.29 is 14.3 Å². The Morgan fingerprint density at radius 2 is 2.08 bits per heavy atom. The second-order valence-electron chi connectivity index (χ2n) is 6.37. The molecule has 132 valence electrons. The van der Waals surface area contributed by atoms with Crippen molar-refractivity contribution in [2.75, 3.05) is 58.4 Å². The minimum absolute atomic E-state index is 0.00405. The topological polar surface area (TPSA) is 54.0 Å². The zero-order valence-electron chi connectivity index (χ0n) is 14.4. The van der Waals surface area contributed by atoms with Gasteiger partial charge in [-0.2, -0.15) is 0 Å². The minimum Gasteiger partial charge on any atom is -0.384 e. The number of hydrogen-bond donors (Lipinski definition) is 1. The van der Waals surface area contributed by atoms with E-state index in [1.54, 1.807) is 7.11 Å². The van der Waals surface area contributed by atoms with Gasteiger partial charge in [0.15, 0.2) is 0 Å². The van der Waals surface area contributed by atoms with E-state index in [-0.39, 0.29) is 6.03 Å². The highest BCUT2D eigenvalue weighted by molar-refractivity contribution is 5.90. The lowest BCUT2D eigenvalue weighted by atomic mass is 10.1. The zero-order valence-corrected chi connectivity index (χ0v) is 14.4. The van der Waals surface area contributed by atoms with E-state index in [1.165, 1.54) is 0 Å². The van der Waals surface area contributed by atoms with E-state index in [0.717, 1.165) is 63.5 Å². The summed E-state index contributed by atoms with van der Waals surface area (Å²) in [4.78, 5) is 17.0. The van der Waals surface area contributed by atoms with Crippen molar-refractivity contribution in [2.24, 2.45) is 0 Å². The number of urea groups is 1. The van der Waals surface area contributed by atoms with Crippen molar-refractivity contribution in [3.05, 3.63) is 29.8 Å². The molecule has 0 aliphatic carbocycles. The van der Waals surface area contributed by atoms with E-state index in [2.05, 4.69) is 10.2 Å². The Kier molecular flexibility index (Phi) is 6.07. The zero-order chi connectivity index (χ0) is 16.8. The quantitative estimate of drug-likeness (QED) is 0.893. The number of carbonyl (C=O) groups is 1. The molecule has 0 spiro atoms. The molecular formula is C18H27N3O3. The van der Waals surface area contributed by atoms with E-state index in [4.69, 9.17) is 9.47 Å². The molecule has 2 amide bonds. The highest BCUT2D eigenvalue weighted by Gasteiger charge is 2.31. The average molecular weight is 333 g/mol. The van der Waals surface area contributed by atoms with Crippen LogP contribution in [-0.2, 0) is 15.9 Å². The van der Waals surface area contributed by atoms with E-state index >= 15 is 0 Å². The van der Waals surface area contributed by atoms with Crippen LogP contribution in [0.4, 0.5) is 10.5 Å². The number of morpholine rings is 1. The van der Waals surface area contributed by atoms with Crippen molar-refractivity contribution in [2.45, 2.75) is 18.9 Å². The fourth-order valence-electron chi connectivity index (χ4n) is 3.43. The predicted octanol–water partition coefficient (Wildman–Crippen LogP) is 1.81. The van der Waals surface area contributed by atoms with Gasteiger partial charge in [-0.1, -0.05) is 18.2 Å². The van der Waals surface area contributed by atoms with Crippen molar-refractivity contribution >= 4 is 11.7 Å². The maximum atomic E-state index is 12.6. The molecule has 1 aromatic rings. The lowest BCUT2D eigenvalue weighted by Crippen LogP contribution is -2.45. The van der Waals surface area contributed by atoms with Crippen LogP contribution in [0.1, 0.15) is 12.0 Å². The van der Waals surface area contributed by atoms with E-state index in [0.29, 0.717) is 12.6 Å². The number of rotatable bonds is 5. The summed E-state index contributed by atoms with van der Waals surface area (Å²) in [5.41, 5.74) is 1.99. The molecular weight excluding hydrogens is 306 g/mol. The Labute approximate surface area is 143 Å². The van der Waals surface area contributed by atoms with Gasteiger partial charge in [-0.25, -0.2) is 4.79 Å². The fourth-order valence-corrected chi connectivity index (χ4v) is 3.43. The Morgan fingerprint density at radius 1 is 1.29 bits per heavy atom. The molecule has 6 nitrogen and oxygen atoms in total. The van der Waals surface area contributed by atoms with Crippen LogP contribution in [0.5, 0.6) is 0 Å². The van der Waals surface area contributed by atoms with Gasteiger partial charge in [0.05, 0.1) is 19.8 Å². The van der Waals surface area contributed by atoms with Gasteiger partial charge in [0.1, 0.15) is 0 Å². The SMILES string of the molecule is COCCc1ccccc1NC(=O)N1CC[C@@H](N2CCOCC2)C1. The third-order valence-corrected chi connectivity index (χ3v) is 4.85. The van der Waals surface area contributed by atoms with Crippen LogP contribution in [0.3, 0.4) is 0 Å². The Balaban J connectivity index is 1.56. The molecule has 1 N–H and O–H groups in total. The number of nitrogens with one attached hydrogen (secondary N) is 1. The van der Waals surface area contributed by atoms with Gasteiger partial charge in [0, 0.05) is 45.0 Å². The van der Waals surface area contributed by atoms with Crippen LogP contribution >= 0.6 is 0 Å². The normalized spacial score (nSPS) is 21.9. The molecule has 0 aromatic heterocycles. The van der Waals surface area contributed by atoms with Gasteiger partial charge in [-0.15, -0.1) is 0 Å². The standard InChI is InChI=1S/C18H27N3O3/c1-23-11-7-15-4-2-3-5-17(15)19-18(22)21-8-6-16(14-21)20-9-12-24-13-10-20/h2-5,16H,6-14H2,1H3,(H,19,22)/t16-/m1/s1. The van der Waals surface area contributed by atoms with Crippen molar-refractivity contribution in [3.8, 4) is 0 Å². The van der Waals surface area contributed by atoms with Crippen LogP contribution < -0.4 is 5.32 Å². The van der Waals surface area contributed by atoms with Crippen LogP contribution in [0, 0.1) is 0 Å². The first kappa shape index (κ1) is 17.2. The first-order chi connectivity index (χ1) is 11.8. The fraction of sp³-hybridized carbons (Fsp3) is 0.611. The smallest absolute Gasteiger partial charge is 0.321 e. The maximum Gasteiger partial charge on any atom is 0.321 e. The summed E-state index contributed by atoms with van der Waals surface area (Å²) in [5, 5.41) is 3.07. The average Bonchev–Trinajstić information content (AvgIpc) is 3.12. The number of hydrogen-bond acceptors (Lipinski definition) is 4. The molecule has 0 saturated carbocycles. The van der Waals surface area contributed by atoms with Crippen molar-refractivity contribution in [1.82, 2.24) is 9.80 Å². The number of ether oxygens (including phenoxy) is 2. The molecule has 2 saturated heterocycles. The highest BCUT2D eigenvalue weighted by atomic mass is 16.5. The third kappa shape index (κ3) is 4.26. The lowest BCUT2D eigenvalue weighted by molar-refractivity contribution is 0.0192. The molecule has 1 aromatic carbocycles. The van der Waals surface area contributed by atoms with E-state index < -0.39 is 0 Å². The van der Waals surface area contributed by atoms with E-state index in [9.17, 15) is 4.79 Å². The Bertz CT molecular complexity index is 546. The molecule has 2 fully saturated rings. The van der Waals surface area contributed by atoms with Crippen molar-refractivity contribution in [1.29, 1.82) is 0 Å². The van der Waals surface area contributed by atoms with Crippen LogP contribution in [-0.4, -0.2) is 75.0 Å². The molecule has 0 unspecified atom stereocenters. The predicted molar refractivity (Wildman–Crippen MR) is 93.4 cm³/mol. The Hall–Kier alpha value is -1.63. The van der Waals surface area contributed by atoms with E-state index in [1.807, 2.05) is 29.2 Å². The maximum absolute atomic E-state index is 12.6. The first-order valence-electron chi connectivity index (χ1n) is 8.72. The summed E-state index contributed by atoms with van der Waals surface area (Å²) in [6.07, 6.45) is 1.84. The summed E-state index contributed by atoms with van der Waals surface area (Å²) in [7, 11) is 1.69. The largest absolute Gasteiger partial charge is 0.384 e. The summed E-state index contributed by atoms with van der Waals surface area (Å²) < 4.78 is 10.6. The van der Waals surface area contributed by atoms with Gasteiger partial charge in [-0.3, -0.25) is 4.90 Å². The van der Waals surface area contributed by atoms with Crippen LogP contribution in [0.15, 0.2) is 24.3 Å². The molecule has 2 heterocycles. The number of methoxy groups -OCH3 is 1. The monoisotopic (exact) mass is 333 g/mol.